The zero-order chi connectivity index (χ0) is 17.1. The van der Waals surface area contributed by atoms with Crippen LogP contribution in [0, 0.1) is 11.8 Å². The SMILES string of the molecule is CN(C)C(=O)CNC(=NCc1ccn(C)n1)NC1CC2CCC1C2. The molecule has 1 aromatic rings. The molecule has 1 aromatic heterocycles. The molecule has 7 heteroatoms. The van der Waals surface area contributed by atoms with E-state index in [1.54, 1.807) is 23.7 Å². The molecule has 132 valence electrons. The number of nitrogens with zero attached hydrogens (tertiary/aromatic N) is 4. The molecule has 0 spiro atoms. The highest BCUT2D eigenvalue weighted by Gasteiger charge is 2.39. The van der Waals surface area contributed by atoms with E-state index in [1.807, 2.05) is 19.3 Å². The molecule has 2 aliphatic rings. The van der Waals surface area contributed by atoms with Crippen molar-refractivity contribution in [3.8, 4) is 0 Å². The van der Waals surface area contributed by atoms with E-state index in [4.69, 9.17) is 0 Å². The van der Waals surface area contributed by atoms with Crippen LogP contribution < -0.4 is 10.6 Å². The van der Waals surface area contributed by atoms with Crippen molar-refractivity contribution >= 4 is 11.9 Å². The number of guanidine groups is 1. The van der Waals surface area contributed by atoms with Crippen LogP contribution >= 0.6 is 0 Å². The number of aryl methyl sites for hydroxylation is 1. The minimum Gasteiger partial charge on any atom is -0.353 e. The summed E-state index contributed by atoms with van der Waals surface area (Å²) in [5.41, 5.74) is 0.922. The standard InChI is InChI=1S/C17H28N6O/c1-22(2)16(24)11-19-17(18-10-14-6-7-23(3)21-14)20-15-9-12-4-5-13(15)8-12/h6-7,12-13,15H,4-5,8-11H2,1-3H3,(H2,18,19,20). The summed E-state index contributed by atoms with van der Waals surface area (Å²) in [7, 11) is 5.42. The summed E-state index contributed by atoms with van der Waals surface area (Å²) in [6.45, 7) is 0.759. The quantitative estimate of drug-likeness (QED) is 0.616. The first-order chi connectivity index (χ1) is 11.5. The lowest BCUT2D eigenvalue weighted by molar-refractivity contribution is -0.127. The predicted octanol–water partition coefficient (Wildman–Crippen LogP) is 0.732. The zero-order valence-corrected chi connectivity index (χ0v) is 14.8. The second-order valence-electron chi connectivity index (χ2n) is 7.21. The maximum Gasteiger partial charge on any atom is 0.241 e. The van der Waals surface area contributed by atoms with Crippen LogP contribution in [0.1, 0.15) is 31.4 Å². The number of hydrogen-bond donors (Lipinski definition) is 2. The number of fused-ring (bicyclic) bond motifs is 2. The minimum atomic E-state index is 0.0373. The summed E-state index contributed by atoms with van der Waals surface area (Å²) in [4.78, 5) is 18.1. The summed E-state index contributed by atoms with van der Waals surface area (Å²) in [5.74, 6) is 2.37. The molecule has 3 rings (SSSR count). The van der Waals surface area contributed by atoms with Gasteiger partial charge in [-0.2, -0.15) is 5.10 Å². The van der Waals surface area contributed by atoms with E-state index < -0.39 is 0 Å². The molecule has 1 amide bonds. The van der Waals surface area contributed by atoms with E-state index in [-0.39, 0.29) is 12.5 Å². The molecule has 3 unspecified atom stereocenters. The lowest BCUT2D eigenvalue weighted by Gasteiger charge is -2.25. The Morgan fingerprint density at radius 1 is 1.42 bits per heavy atom. The molecule has 7 nitrogen and oxygen atoms in total. The van der Waals surface area contributed by atoms with Crippen molar-refractivity contribution in [1.29, 1.82) is 0 Å². The third kappa shape index (κ3) is 4.07. The fourth-order valence-electron chi connectivity index (χ4n) is 3.77. The van der Waals surface area contributed by atoms with Gasteiger partial charge < -0.3 is 15.5 Å². The van der Waals surface area contributed by atoms with E-state index in [1.165, 1.54) is 25.7 Å². The van der Waals surface area contributed by atoms with Gasteiger partial charge in [0.2, 0.25) is 5.91 Å². The van der Waals surface area contributed by atoms with Gasteiger partial charge in [-0.05, 0) is 37.2 Å². The van der Waals surface area contributed by atoms with Crippen molar-refractivity contribution in [2.75, 3.05) is 20.6 Å². The second-order valence-corrected chi connectivity index (χ2v) is 7.21. The average molecular weight is 332 g/mol. The number of nitrogens with one attached hydrogen (secondary N) is 2. The predicted molar refractivity (Wildman–Crippen MR) is 93.4 cm³/mol. The number of amides is 1. The summed E-state index contributed by atoms with van der Waals surface area (Å²) < 4.78 is 1.77. The van der Waals surface area contributed by atoms with Gasteiger partial charge in [-0.15, -0.1) is 0 Å². The van der Waals surface area contributed by atoms with Gasteiger partial charge >= 0.3 is 0 Å². The van der Waals surface area contributed by atoms with Gasteiger partial charge in [0, 0.05) is 33.4 Å². The fourth-order valence-corrected chi connectivity index (χ4v) is 3.77. The van der Waals surface area contributed by atoms with Gasteiger partial charge in [-0.3, -0.25) is 9.48 Å². The van der Waals surface area contributed by atoms with E-state index >= 15 is 0 Å². The van der Waals surface area contributed by atoms with E-state index in [9.17, 15) is 4.79 Å². The van der Waals surface area contributed by atoms with Crippen LogP contribution in [-0.2, 0) is 18.4 Å². The highest BCUT2D eigenvalue weighted by Crippen LogP contribution is 2.44. The van der Waals surface area contributed by atoms with Gasteiger partial charge in [-0.25, -0.2) is 4.99 Å². The van der Waals surface area contributed by atoms with Crippen molar-refractivity contribution in [3.05, 3.63) is 18.0 Å². The van der Waals surface area contributed by atoms with Gasteiger partial charge in [-0.1, -0.05) is 6.42 Å². The lowest BCUT2D eigenvalue weighted by atomic mass is 9.95. The Hall–Kier alpha value is -2.05. The van der Waals surface area contributed by atoms with Crippen LogP contribution in [0.3, 0.4) is 0 Å². The Morgan fingerprint density at radius 3 is 2.83 bits per heavy atom. The number of aromatic nitrogens is 2. The van der Waals surface area contributed by atoms with Crippen molar-refractivity contribution < 1.29 is 4.79 Å². The molecular weight excluding hydrogens is 304 g/mol. The first kappa shape index (κ1) is 16.8. The molecule has 0 aromatic carbocycles. The number of likely N-dealkylation sites (N-methyl/N-ethyl adjacent to an activating group) is 1. The van der Waals surface area contributed by atoms with Crippen molar-refractivity contribution in [2.24, 2.45) is 23.9 Å². The van der Waals surface area contributed by atoms with Crippen LogP contribution in [0.15, 0.2) is 17.3 Å². The molecule has 2 aliphatic carbocycles. The fraction of sp³-hybridized carbons (Fsp3) is 0.706. The van der Waals surface area contributed by atoms with Gasteiger partial charge in [0.1, 0.15) is 0 Å². The molecule has 2 saturated carbocycles. The first-order valence-electron chi connectivity index (χ1n) is 8.75. The molecule has 24 heavy (non-hydrogen) atoms. The van der Waals surface area contributed by atoms with E-state index in [2.05, 4.69) is 20.7 Å². The smallest absolute Gasteiger partial charge is 0.241 e. The Labute approximate surface area is 143 Å². The van der Waals surface area contributed by atoms with Crippen molar-refractivity contribution in [1.82, 2.24) is 25.3 Å². The van der Waals surface area contributed by atoms with E-state index in [0.717, 1.165) is 17.5 Å². The maximum absolute atomic E-state index is 11.9. The number of carbonyl (C=O) groups is 1. The Bertz CT molecular complexity index is 608. The number of rotatable bonds is 5. The summed E-state index contributed by atoms with van der Waals surface area (Å²) in [6, 6.07) is 2.44. The van der Waals surface area contributed by atoms with Crippen LogP contribution in [0.2, 0.25) is 0 Å². The summed E-state index contributed by atoms with van der Waals surface area (Å²) in [5, 5.41) is 11.1. The topological polar surface area (TPSA) is 74.5 Å². The molecule has 3 atom stereocenters. The van der Waals surface area contributed by atoms with E-state index in [0.29, 0.717) is 18.5 Å². The monoisotopic (exact) mass is 332 g/mol. The van der Waals surface area contributed by atoms with Crippen LogP contribution in [0.4, 0.5) is 0 Å². The Balaban J connectivity index is 1.62. The second kappa shape index (κ2) is 7.23. The molecule has 0 saturated heterocycles. The molecular formula is C17H28N6O. The van der Waals surface area contributed by atoms with Gasteiger partial charge in [0.15, 0.2) is 5.96 Å². The van der Waals surface area contributed by atoms with Crippen LogP contribution in [-0.4, -0.2) is 53.2 Å². The molecule has 2 N–H and O–H groups in total. The van der Waals surface area contributed by atoms with Crippen molar-refractivity contribution in [3.63, 3.8) is 0 Å². The van der Waals surface area contributed by atoms with Crippen molar-refractivity contribution in [2.45, 2.75) is 38.3 Å². The van der Waals surface area contributed by atoms with Gasteiger partial charge in [0.05, 0.1) is 18.8 Å². The minimum absolute atomic E-state index is 0.0373. The maximum atomic E-state index is 11.9. The Kier molecular flexibility index (Phi) is 5.06. The first-order valence-corrected chi connectivity index (χ1v) is 8.75. The normalized spacial score (nSPS) is 25.8. The third-order valence-corrected chi connectivity index (χ3v) is 5.13. The molecule has 2 fully saturated rings. The summed E-state index contributed by atoms with van der Waals surface area (Å²) in [6.07, 6.45) is 7.15. The molecule has 2 bridgehead atoms. The molecule has 0 radical (unpaired) electrons. The average Bonchev–Trinajstić information content (AvgIpc) is 3.26. The highest BCUT2D eigenvalue weighted by molar-refractivity contribution is 5.86. The van der Waals surface area contributed by atoms with Crippen LogP contribution in [0.5, 0.6) is 0 Å². The largest absolute Gasteiger partial charge is 0.353 e. The Morgan fingerprint density at radius 2 is 2.25 bits per heavy atom. The zero-order valence-electron chi connectivity index (χ0n) is 14.8. The van der Waals surface area contributed by atoms with Gasteiger partial charge in [0.25, 0.3) is 0 Å². The number of carbonyl (C=O) groups excluding carboxylic acids is 1. The molecule has 1 heterocycles. The lowest BCUT2D eigenvalue weighted by Crippen LogP contribution is -2.48. The van der Waals surface area contributed by atoms with Crippen LogP contribution in [0.25, 0.3) is 0 Å². The number of hydrogen-bond acceptors (Lipinski definition) is 3. The molecule has 0 aliphatic heterocycles. The highest BCUT2D eigenvalue weighted by atomic mass is 16.2. The third-order valence-electron chi connectivity index (χ3n) is 5.13. The summed E-state index contributed by atoms with van der Waals surface area (Å²) >= 11 is 0. The number of aliphatic imine (C=N–C) groups is 1.